The Morgan fingerprint density at radius 2 is 1.79 bits per heavy atom. The topological polar surface area (TPSA) is 56.7 Å². The number of amides is 1. The third-order valence-electron chi connectivity index (χ3n) is 3.27. The molecule has 0 heterocycles. The number of likely N-dealkylation sites (N-methyl/N-ethyl adjacent to an activating group) is 1. The molecule has 0 bridgehead atoms. The first-order valence-corrected chi connectivity index (χ1v) is 8.18. The lowest BCUT2D eigenvalue weighted by Gasteiger charge is -2.20. The maximum absolute atomic E-state index is 11.7. The van der Waals surface area contributed by atoms with E-state index in [9.17, 15) is 4.79 Å². The number of hydrogen-bond acceptors (Lipinski definition) is 2. The smallest absolute Gasteiger partial charge is 0.243 e. The van der Waals surface area contributed by atoms with Crippen LogP contribution < -0.4 is 10.6 Å². The van der Waals surface area contributed by atoms with Crippen LogP contribution in [0.2, 0.25) is 5.02 Å². The fraction of sp³-hybridized carbons (Fsp3) is 0.529. The number of rotatable bonds is 6. The van der Waals surface area contributed by atoms with Crippen molar-refractivity contribution in [3.8, 4) is 0 Å². The van der Waals surface area contributed by atoms with Gasteiger partial charge in [0.1, 0.15) is 6.54 Å². The van der Waals surface area contributed by atoms with Crippen LogP contribution in [0.3, 0.4) is 0 Å². The summed E-state index contributed by atoms with van der Waals surface area (Å²) >= 11 is 5.92. The molecule has 0 aliphatic carbocycles. The molecule has 1 aromatic rings. The summed E-state index contributed by atoms with van der Waals surface area (Å²) in [7, 11) is 3.45. The van der Waals surface area contributed by atoms with Gasteiger partial charge in [0, 0.05) is 25.7 Å². The summed E-state index contributed by atoms with van der Waals surface area (Å²) in [5, 5.41) is 7.31. The van der Waals surface area contributed by atoms with Crippen molar-refractivity contribution in [1.82, 2.24) is 15.5 Å². The number of carbonyl (C=O) groups excluding carboxylic acids is 1. The van der Waals surface area contributed by atoms with Crippen LogP contribution in [0.1, 0.15) is 32.4 Å². The van der Waals surface area contributed by atoms with Crippen molar-refractivity contribution in [2.24, 2.45) is 10.9 Å². The van der Waals surface area contributed by atoms with Crippen molar-refractivity contribution < 1.29 is 4.79 Å². The van der Waals surface area contributed by atoms with E-state index < -0.39 is 0 Å². The van der Waals surface area contributed by atoms with Gasteiger partial charge in [-0.15, -0.1) is 24.0 Å². The Morgan fingerprint density at radius 1 is 1.21 bits per heavy atom. The zero-order valence-electron chi connectivity index (χ0n) is 15.0. The number of hydrogen-bond donors (Lipinski definition) is 2. The SMILES string of the molecule is CC(C)CNC(=NCC(=O)N(C)C)NC(C)c1ccc(Cl)cc1.I. The van der Waals surface area contributed by atoms with Crippen molar-refractivity contribution in [1.29, 1.82) is 0 Å². The molecular weight excluding hydrogens is 439 g/mol. The van der Waals surface area contributed by atoms with Crippen molar-refractivity contribution in [2.45, 2.75) is 26.8 Å². The minimum absolute atomic E-state index is 0. The summed E-state index contributed by atoms with van der Waals surface area (Å²) in [4.78, 5) is 17.6. The highest BCUT2D eigenvalue weighted by molar-refractivity contribution is 14.0. The Morgan fingerprint density at radius 3 is 2.29 bits per heavy atom. The zero-order valence-corrected chi connectivity index (χ0v) is 18.1. The van der Waals surface area contributed by atoms with Gasteiger partial charge < -0.3 is 15.5 Å². The predicted molar refractivity (Wildman–Crippen MR) is 112 cm³/mol. The Labute approximate surface area is 167 Å². The van der Waals surface area contributed by atoms with Crippen molar-refractivity contribution in [3.05, 3.63) is 34.9 Å². The molecule has 0 aromatic heterocycles. The number of nitrogens with zero attached hydrogens (tertiary/aromatic N) is 2. The summed E-state index contributed by atoms with van der Waals surface area (Å²) in [6.45, 7) is 7.20. The van der Waals surface area contributed by atoms with E-state index in [1.54, 1.807) is 14.1 Å². The lowest BCUT2D eigenvalue weighted by molar-refractivity contribution is -0.127. The van der Waals surface area contributed by atoms with Crippen molar-refractivity contribution >= 4 is 47.4 Å². The lowest BCUT2D eigenvalue weighted by Crippen LogP contribution is -2.41. The first kappa shape index (κ1) is 23.0. The Bertz CT molecular complexity index is 532. The Balaban J connectivity index is 0.00000529. The van der Waals surface area contributed by atoms with E-state index in [0.717, 1.165) is 12.1 Å². The largest absolute Gasteiger partial charge is 0.356 e. The summed E-state index contributed by atoms with van der Waals surface area (Å²) in [6.07, 6.45) is 0. The molecule has 2 N–H and O–H groups in total. The number of aliphatic imine (C=N–C) groups is 1. The van der Waals surface area contributed by atoms with Crippen LogP contribution in [0.5, 0.6) is 0 Å². The van der Waals surface area contributed by atoms with E-state index in [-0.39, 0.29) is 42.5 Å². The van der Waals surface area contributed by atoms with Gasteiger partial charge in [-0.3, -0.25) is 4.79 Å². The molecule has 0 saturated carbocycles. The van der Waals surface area contributed by atoms with E-state index in [1.165, 1.54) is 4.90 Å². The van der Waals surface area contributed by atoms with E-state index in [2.05, 4.69) is 29.5 Å². The summed E-state index contributed by atoms with van der Waals surface area (Å²) in [5.41, 5.74) is 1.10. The third kappa shape index (κ3) is 8.73. The highest BCUT2D eigenvalue weighted by Crippen LogP contribution is 2.15. The van der Waals surface area contributed by atoms with Gasteiger partial charge in [0.2, 0.25) is 5.91 Å². The summed E-state index contributed by atoms with van der Waals surface area (Å²) < 4.78 is 0. The van der Waals surface area contributed by atoms with Crippen LogP contribution >= 0.6 is 35.6 Å². The maximum Gasteiger partial charge on any atom is 0.243 e. The normalized spacial score (nSPS) is 12.4. The molecule has 136 valence electrons. The van der Waals surface area contributed by atoms with E-state index in [4.69, 9.17) is 11.6 Å². The number of benzene rings is 1. The Hall–Kier alpha value is -1.02. The molecule has 0 aliphatic rings. The number of guanidine groups is 1. The monoisotopic (exact) mass is 466 g/mol. The molecule has 0 spiro atoms. The molecule has 0 aliphatic heterocycles. The molecule has 1 rings (SSSR count). The average Bonchev–Trinajstić information content (AvgIpc) is 2.49. The van der Waals surface area contributed by atoms with Crippen molar-refractivity contribution in [2.75, 3.05) is 27.2 Å². The molecule has 1 atom stereocenters. The van der Waals surface area contributed by atoms with Gasteiger partial charge in [-0.05, 0) is 30.5 Å². The second-order valence-electron chi connectivity index (χ2n) is 6.15. The first-order chi connectivity index (χ1) is 10.8. The van der Waals surface area contributed by atoms with Gasteiger partial charge >= 0.3 is 0 Å². The molecule has 1 amide bonds. The molecule has 0 fully saturated rings. The molecule has 1 aromatic carbocycles. The van der Waals surface area contributed by atoms with E-state index in [1.807, 2.05) is 31.2 Å². The van der Waals surface area contributed by atoms with E-state index >= 15 is 0 Å². The summed E-state index contributed by atoms with van der Waals surface area (Å²) in [6, 6.07) is 7.74. The third-order valence-corrected chi connectivity index (χ3v) is 3.52. The molecule has 5 nitrogen and oxygen atoms in total. The highest BCUT2D eigenvalue weighted by atomic mass is 127. The first-order valence-electron chi connectivity index (χ1n) is 7.80. The molecule has 24 heavy (non-hydrogen) atoms. The van der Waals surface area contributed by atoms with Gasteiger partial charge in [0.05, 0.1) is 6.04 Å². The fourth-order valence-corrected chi connectivity index (χ4v) is 1.91. The lowest BCUT2D eigenvalue weighted by atomic mass is 10.1. The second kappa shape index (κ2) is 11.5. The molecule has 7 heteroatoms. The molecule has 1 unspecified atom stereocenters. The van der Waals surface area contributed by atoms with Gasteiger partial charge in [-0.25, -0.2) is 4.99 Å². The average molecular weight is 467 g/mol. The van der Waals surface area contributed by atoms with Gasteiger partial charge in [-0.2, -0.15) is 0 Å². The van der Waals surface area contributed by atoms with Crippen LogP contribution in [-0.4, -0.2) is 44.0 Å². The van der Waals surface area contributed by atoms with Crippen LogP contribution in [0.4, 0.5) is 0 Å². The van der Waals surface area contributed by atoms with Crippen LogP contribution in [0.25, 0.3) is 0 Å². The quantitative estimate of drug-likeness (QED) is 0.384. The van der Waals surface area contributed by atoms with Gasteiger partial charge in [-0.1, -0.05) is 37.6 Å². The fourth-order valence-electron chi connectivity index (χ4n) is 1.78. The van der Waals surface area contributed by atoms with Gasteiger partial charge in [0.25, 0.3) is 0 Å². The summed E-state index contributed by atoms with van der Waals surface area (Å²) in [5.74, 6) is 1.09. The minimum Gasteiger partial charge on any atom is -0.356 e. The highest BCUT2D eigenvalue weighted by Gasteiger charge is 2.10. The van der Waals surface area contributed by atoms with Gasteiger partial charge in [0.15, 0.2) is 5.96 Å². The number of halogens is 2. The maximum atomic E-state index is 11.7. The van der Waals surface area contributed by atoms with E-state index in [0.29, 0.717) is 16.9 Å². The number of nitrogens with one attached hydrogen (secondary N) is 2. The van der Waals surface area contributed by atoms with Crippen LogP contribution in [0, 0.1) is 5.92 Å². The Kier molecular flexibility index (Phi) is 11.0. The molecule has 0 radical (unpaired) electrons. The van der Waals surface area contributed by atoms with Crippen LogP contribution in [0.15, 0.2) is 29.3 Å². The second-order valence-corrected chi connectivity index (χ2v) is 6.58. The standard InChI is InChI=1S/C17H27ClN4O.HI/c1-12(2)10-19-17(20-11-16(23)22(4)5)21-13(3)14-6-8-15(18)9-7-14;/h6-9,12-13H,10-11H2,1-5H3,(H2,19,20,21);1H. The van der Waals surface area contributed by atoms with Crippen LogP contribution in [-0.2, 0) is 4.79 Å². The zero-order chi connectivity index (χ0) is 17.4. The van der Waals surface area contributed by atoms with Crippen molar-refractivity contribution in [3.63, 3.8) is 0 Å². The number of carbonyl (C=O) groups is 1. The minimum atomic E-state index is -0.0326. The molecule has 0 saturated heterocycles. The molecular formula is C17H28ClIN4O. The predicted octanol–water partition coefficient (Wildman–Crippen LogP) is 3.30.